The number of carbonyl (C=O) groups is 3. The van der Waals surface area contributed by atoms with Gasteiger partial charge in [-0.15, -0.1) is 0 Å². The molecule has 0 spiro atoms. The molecule has 1 heterocycles. The Balaban J connectivity index is 1.91. The van der Waals surface area contributed by atoms with Gasteiger partial charge in [-0.2, -0.15) is 0 Å². The summed E-state index contributed by atoms with van der Waals surface area (Å²) >= 11 is 6.44. The number of anilines is 1. The molecule has 2 aromatic carbocycles. The average molecular weight is 589 g/mol. The maximum absolute atomic E-state index is 13.9. The number of ether oxygens (including phenoxy) is 2. The number of methoxy groups -OCH3 is 2. The van der Waals surface area contributed by atoms with Crippen molar-refractivity contribution in [2.24, 2.45) is 11.3 Å². The van der Waals surface area contributed by atoms with Crippen LogP contribution in [0.15, 0.2) is 36.4 Å². The van der Waals surface area contributed by atoms with Crippen LogP contribution in [0.2, 0.25) is 5.02 Å². The third-order valence-electron chi connectivity index (χ3n) is 7.20. The fourth-order valence-electron chi connectivity index (χ4n) is 5.21. The minimum atomic E-state index is -1.18. The van der Waals surface area contributed by atoms with Crippen LogP contribution >= 0.6 is 11.6 Å². The molecule has 41 heavy (non-hydrogen) atoms. The van der Waals surface area contributed by atoms with E-state index in [9.17, 15) is 19.5 Å². The number of rotatable bonds is 11. The van der Waals surface area contributed by atoms with Crippen LogP contribution in [0.5, 0.6) is 11.5 Å². The third kappa shape index (κ3) is 8.60. The van der Waals surface area contributed by atoms with Gasteiger partial charge in [0.2, 0.25) is 11.8 Å². The maximum atomic E-state index is 13.9. The molecule has 224 valence electrons. The van der Waals surface area contributed by atoms with E-state index in [4.69, 9.17) is 26.2 Å². The molecule has 2 N–H and O–H groups in total. The highest BCUT2D eigenvalue weighted by molar-refractivity contribution is 6.31. The highest BCUT2D eigenvalue weighted by Crippen LogP contribution is 2.43. The van der Waals surface area contributed by atoms with Crippen molar-refractivity contribution in [1.82, 2.24) is 4.90 Å². The zero-order valence-corrected chi connectivity index (χ0v) is 25.2. The quantitative estimate of drug-likeness (QED) is 0.365. The molecule has 0 aliphatic carbocycles. The molecule has 3 rings (SSSR count). The number of benzene rings is 2. The number of nitrogens with zero attached hydrogens (tertiary/aromatic N) is 2. The Morgan fingerprint density at radius 1 is 1.02 bits per heavy atom. The van der Waals surface area contributed by atoms with Gasteiger partial charge in [-0.25, -0.2) is 0 Å². The molecular weight excluding hydrogens is 548 g/mol. The van der Waals surface area contributed by atoms with Crippen LogP contribution in [-0.2, 0) is 14.4 Å². The zero-order chi connectivity index (χ0) is 30.3. The van der Waals surface area contributed by atoms with Crippen molar-refractivity contribution in [1.29, 1.82) is 0 Å². The van der Waals surface area contributed by atoms with Gasteiger partial charge in [-0.1, -0.05) is 50.6 Å². The minimum Gasteiger partial charge on any atom is -0.496 e. The van der Waals surface area contributed by atoms with Gasteiger partial charge in [0.25, 0.3) is 0 Å². The summed E-state index contributed by atoms with van der Waals surface area (Å²) in [6.07, 6.45) is 0.165. The molecular formula is C31H41ClN2O7. The molecule has 1 aliphatic heterocycles. The summed E-state index contributed by atoms with van der Waals surface area (Å²) in [5, 5.41) is 21.0. The normalized spacial score (nSPS) is 14.9. The van der Waals surface area contributed by atoms with E-state index >= 15 is 0 Å². The Morgan fingerprint density at radius 2 is 1.66 bits per heavy atom. The molecule has 10 heteroatoms. The van der Waals surface area contributed by atoms with E-state index in [1.54, 1.807) is 46.2 Å². The Morgan fingerprint density at radius 3 is 2.24 bits per heavy atom. The fraction of sp³-hybridized carbons (Fsp3) is 0.516. The largest absolute Gasteiger partial charge is 0.496 e. The van der Waals surface area contributed by atoms with Gasteiger partial charge in [0.15, 0.2) is 0 Å². The molecule has 1 saturated heterocycles. The van der Waals surface area contributed by atoms with E-state index < -0.39 is 12.1 Å². The maximum Gasteiger partial charge on any atom is 0.303 e. The van der Waals surface area contributed by atoms with Gasteiger partial charge >= 0.3 is 5.97 Å². The van der Waals surface area contributed by atoms with Crippen molar-refractivity contribution in [3.8, 4) is 11.5 Å². The Bertz CT molecular complexity index is 1240. The van der Waals surface area contributed by atoms with Crippen molar-refractivity contribution < 1.29 is 34.1 Å². The van der Waals surface area contributed by atoms with Crippen LogP contribution in [0, 0.1) is 11.3 Å². The van der Waals surface area contributed by atoms with Gasteiger partial charge in [0, 0.05) is 61.1 Å². The first kappa shape index (κ1) is 32.2. The Hall–Kier alpha value is -3.30. The lowest BCUT2D eigenvalue weighted by atomic mass is 9.93. The molecule has 2 amide bonds. The van der Waals surface area contributed by atoms with Crippen molar-refractivity contribution in [3.05, 3.63) is 52.5 Å². The second kappa shape index (κ2) is 14.0. The molecule has 0 unspecified atom stereocenters. The molecule has 2 aromatic rings. The van der Waals surface area contributed by atoms with E-state index in [2.05, 4.69) is 0 Å². The smallest absolute Gasteiger partial charge is 0.303 e. The standard InChI is InChI=1S/C31H41ClN2O7/c1-31(2,3)19-34(27(36)11-10-26(35)33-14-12-20(13-15-33)16-28(37)38)29-23(17-21(32)18-25(29)41-5)30(39)22-8-6-7-9-24(22)40-4/h6-9,17-18,20,30,39H,10-16,19H2,1-5H3,(H,37,38)/t30-/m1/s1. The van der Waals surface area contributed by atoms with Crippen molar-refractivity contribution in [3.63, 3.8) is 0 Å². The predicted molar refractivity (Wildman–Crippen MR) is 158 cm³/mol. The number of carboxylic acid groups (broad SMARTS) is 1. The van der Waals surface area contributed by atoms with E-state index in [0.717, 1.165) is 0 Å². The van der Waals surface area contributed by atoms with Crippen molar-refractivity contribution in [2.75, 3.05) is 38.8 Å². The number of likely N-dealkylation sites (tertiary alicyclic amines) is 1. The molecule has 0 radical (unpaired) electrons. The lowest BCUT2D eigenvalue weighted by Gasteiger charge is -2.34. The molecule has 0 bridgehead atoms. The zero-order valence-electron chi connectivity index (χ0n) is 24.5. The molecule has 1 atom stereocenters. The van der Waals surface area contributed by atoms with E-state index in [-0.39, 0.29) is 42.4 Å². The van der Waals surface area contributed by atoms with Crippen LogP contribution in [0.25, 0.3) is 0 Å². The Labute approximate surface area is 247 Å². The first-order chi connectivity index (χ1) is 19.3. The van der Waals surface area contributed by atoms with E-state index in [1.807, 2.05) is 20.8 Å². The van der Waals surface area contributed by atoms with Crippen LogP contribution in [0.4, 0.5) is 5.69 Å². The molecule has 1 fully saturated rings. The van der Waals surface area contributed by atoms with E-state index in [1.165, 1.54) is 14.2 Å². The first-order valence-corrected chi connectivity index (χ1v) is 14.2. The number of carboxylic acids is 1. The van der Waals surface area contributed by atoms with Crippen molar-refractivity contribution in [2.45, 2.75) is 59.0 Å². The topological polar surface area (TPSA) is 117 Å². The van der Waals surface area contributed by atoms with Crippen molar-refractivity contribution >= 4 is 35.1 Å². The Kier molecular flexibility index (Phi) is 11.0. The summed E-state index contributed by atoms with van der Waals surface area (Å²) < 4.78 is 11.2. The first-order valence-electron chi connectivity index (χ1n) is 13.8. The monoisotopic (exact) mass is 588 g/mol. The lowest BCUT2D eigenvalue weighted by molar-refractivity contribution is -0.139. The number of aliphatic hydroxyl groups is 1. The number of para-hydroxylation sites is 1. The summed E-state index contributed by atoms with van der Waals surface area (Å²) in [6.45, 7) is 7.26. The molecule has 9 nitrogen and oxygen atoms in total. The van der Waals surface area contributed by atoms with Crippen LogP contribution in [0.3, 0.4) is 0 Å². The SMILES string of the molecule is COc1ccccc1[C@@H](O)c1cc(Cl)cc(OC)c1N(CC(C)(C)C)C(=O)CCC(=O)N1CCC(CC(=O)O)CC1. The number of hydrogen-bond acceptors (Lipinski definition) is 6. The number of amides is 2. The number of piperidine rings is 1. The molecule has 0 saturated carbocycles. The minimum absolute atomic E-state index is 0.0172. The van der Waals surface area contributed by atoms with Crippen LogP contribution in [0.1, 0.15) is 70.1 Å². The lowest BCUT2D eigenvalue weighted by Crippen LogP contribution is -2.41. The molecule has 0 aromatic heterocycles. The average Bonchev–Trinajstić information content (AvgIpc) is 2.93. The number of aliphatic carboxylic acids is 1. The van der Waals surface area contributed by atoms with Crippen LogP contribution < -0.4 is 14.4 Å². The number of aliphatic hydroxyl groups excluding tert-OH is 1. The van der Waals surface area contributed by atoms with Gasteiger partial charge in [0.05, 0.1) is 19.9 Å². The summed E-state index contributed by atoms with van der Waals surface area (Å²) in [5.41, 5.74) is 0.939. The summed E-state index contributed by atoms with van der Waals surface area (Å²) in [4.78, 5) is 41.2. The summed E-state index contributed by atoms with van der Waals surface area (Å²) in [6, 6.07) is 10.3. The van der Waals surface area contributed by atoms with Crippen LogP contribution in [-0.4, -0.2) is 66.8 Å². The predicted octanol–water partition coefficient (Wildman–Crippen LogP) is 5.31. The number of halogens is 1. The molecule has 1 aliphatic rings. The van der Waals surface area contributed by atoms with Gasteiger partial charge in [0.1, 0.15) is 17.6 Å². The fourth-order valence-corrected chi connectivity index (χ4v) is 5.43. The summed E-state index contributed by atoms with van der Waals surface area (Å²) in [7, 11) is 3.00. The number of hydrogen-bond donors (Lipinski definition) is 2. The van der Waals surface area contributed by atoms with Gasteiger partial charge in [-0.3, -0.25) is 14.4 Å². The summed E-state index contributed by atoms with van der Waals surface area (Å²) in [5.74, 6) is -0.386. The van der Waals surface area contributed by atoms with Gasteiger partial charge in [-0.05, 0) is 36.3 Å². The highest BCUT2D eigenvalue weighted by Gasteiger charge is 2.32. The second-order valence-corrected chi connectivity index (χ2v) is 12.1. The van der Waals surface area contributed by atoms with E-state index in [0.29, 0.717) is 65.8 Å². The third-order valence-corrected chi connectivity index (χ3v) is 7.42. The second-order valence-electron chi connectivity index (χ2n) is 11.7. The van der Waals surface area contributed by atoms with Gasteiger partial charge < -0.3 is 29.5 Å². The number of carbonyl (C=O) groups excluding carboxylic acids is 2. The highest BCUT2D eigenvalue weighted by atomic mass is 35.5.